The number of benzene rings is 1. The molecule has 0 aliphatic carbocycles. The highest BCUT2D eigenvalue weighted by Crippen LogP contribution is 2.23. The van der Waals surface area contributed by atoms with Crippen LogP contribution < -0.4 is 10.1 Å². The third kappa shape index (κ3) is 3.59. The van der Waals surface area contributed by atoms with Crippen LogP contribution in [0.1, 0.15) is 23.6 Å². The molecule has 2 aromatic rings. The molecule has 126 valence electrons. The Hall–Kier alpha value is -2.76. The van der Waals surface area contributed by atoms with Gasteiger partial charge in [-0.3, -0.25) is 0 Å². The molecule has 1 aliphatic rings. The Morgan fingerprint density at radius 2 is 2.25 bits per heavy atom. The molecule has 2 heterocycles. The van der Waals surface area contributed by atoms with Gasteiger partial charge in [-0.25, -0.2) is 9.78 Å². The number of nitrogens with one attached hydrogen (secondary N) is 1. The normalized spacial score (nSPS) is 13.3. The number of carbonyl (C=O) groups is 1. The fourth-order valence-corrected chi connectivity index (χ4v) is 2.82. The van der Waals surface area contributed by atoms with E-state index in [2.05, 4.69) is 10.3 Å². The van der Waals surface area contributed by atoms with E-state index in [9.17, 15) is 9.90 Å². The molecular weight excluding hydrogens is 306 g/mol. The minimum absolute atomic E-state index is 0.129. The summed E-state index contributed by atoms with van der Waals surface area (Å²) in [6.45, 7) is 3.96. The van der Waals surface area contributed by atoms with E-state index in [1.54, 1.807) is 23.2 Å². The van der Waals surface area contributed by atoms with Gasteiger partial charge in [0, 0.05) is 31.4 Å². The van der Waals surface area contributed by atoms with Crippen LogP contribution in [0.15, 0.2) is 36.5 Å². The number of aromatic hydroxyl groups is 1. The Morgan fingerprint density at radius 1 is 1.38 bits per heavy atom. The lowest BCUT2D eigenvalue weighted by molar-refractivity contribution is 0.191. The number of urea groups is 1. The summed E-state index contributed by atoms with van der Waals surface area (Å²) in [5.74, 6) is 0.780. The molecule has 0 saturated heterocycles. The number of nitrogens with zero attached hydrogens (tertiary/aromatic N) is 2. The number of fused-ring (bicyclic) bond motifs is 1. The zero-order valence-corrected chi connectivity index (χ0v) is 13.7. The molecule has 1 aromatic heterocycles. The highest BCUT2D eigenvalue weighted by Gasteiger charge is 2.21. The molecule has 0 fully saturated rings. The summed E-state index contributed by atoms with van der Waals surface area (Å²) < 4.78 is 5.47. The molecule has 3 rings (SSSR count). The average Bonchev–Trinajstić information content (AvgIpc) is 2.60. The van der Waals surface area contributed by atoms with Gasteiger partial charge in [0.05, 0.1) is 6.61 Å². The molecule has 0 bridgehead atoms. The molecule has 6 heteroatoms. The largest absolute Gasteiger partial charge is 0.508 e. The van der Waals surface area contributed by atoms with Crippen LogP contribution in [0.4, 0.5) is 4.79 Å². The summed E-state index contributed by atoms with van der Waals surface area (Å²) >= 11 is 0. The Bertz CT molecular complexity index is 733. The monoisotopic (exact) mass is 327 g/mol. The Morgan fingerprint density at radius 3 is 3.08 bits per heavy atom. The first kappa shape index (κ1) is 16.1. The van der Waals surface area contributed by atoms with Gasteiger partial charge >= 0.3 is 6.03 Å². The van der Waals surface area contributed by atoms with Gasteiger partial charge in [-0.1, -0.05) is 12.1 Å². The number of ether oxygens (including phenoxy) is 1. The van der Waals surface area contributed by atoms with Crippen molar-refractivity contribution in [2.75, 3.05) is 13.2 Å². The number of carbonyl (C=O) groups excluding carboxylic acids is 1. The predicted molar refractivity (Wildman–Crippen MR) is 89.9 cm³/mol. The standard InChI is InChI=1S/C18H21N3O3/c1-2-24-17-14(4-3-8-19-17)11-20-18(23)21-9-7-13-5-6-16(22)10-15(13)12-21/h3-6,8,10,22H,2,7,9,11-12H2,1H3,(H,20,23). The lowest BCUT2D eigenvalue weighted by Crippen LogP contribution is -2.42. The molecule has 0 spiro atoms. The Balaban J connectivity index is 1.62. The van der Waals surface area contributed by atoms with Crippen LogP contribution in [-0.2, 0) is 19.5 Å². The zero-order valence-electron chi connectivity index (χ0n) is 13.7. The molecule has 24 heavy (non-hydrogen) atoms. The van der Waals surface area contributed by atoms with Gasteiger partial charge in [-0.05, 0) is 42.7 Å². The summed E-state index contributed by atoms with van der Waals surface area (Å²) in [4.78, 5) is 18.4. The molecule has 2 amide bonds. The quantitative estimate of drug-likeness (QED) is 0.904. The lowest BCUT2D eigenvalue weighted by Gasteiger charge is -2.29. The number of hydrogen-bond acceptors (Lipinski definition) is 4. The number of amides is 2. The number of rotatable bonds is 4. The molecule has 0 radical (unpaired) electrons. The third-order valence-corrected chi connectivity index (χ3v) is 4.05. The smallest absolute Gasteiger partial charge is 0.317 e. The first-order valence-electron chi connectivity index (χ1n) is 8.07. The van der Waals surface area contributed by atoms with Gasteiger partial charge < -0.3 is 20.1 Å². The average molecular weight is 327 g/mol. The van der Waals surface area contributed by atoms with Crippen molar-refractivity contribution in [2.24, 2.45) is 0 Å². The van der Waals surface area contributed by atoms with Gasteiger partial charge in [0.2, 0.25) is 5.88 Å². The van der Waals surface area contributed by atoms with Gasteiger partial charge in [0.1, 0.15) is 5.75 Å². The molecule has 1 aliphatic heterocycles. The minimum Gasteiger partial charge on any atom is -0.508 e. The van der Waals surface area contributed by atoms with Crippen molar-refractivity contribution in [3.05, 3.63) is 53.2 Å². The fourth-order valence-electron chi connectivity index (χ4n) is 2.82. The maximum Gasteiger partial charge on any atom is 0.317 e. The van der Waals surface area contributed by atoms with E-state index in [0.717, 1.165) is 17.5 Å². The van der Waals surface area contributed by atoms with Crippen molar-refractivity contribution >= 4 is 6.03 Å². The number of hydrogen-bond donors (Lipinski definition) is 2. The molecule has 0 atom stereocenters. The van der Waals surface area contributed by atoms with Crippen LogP contribution in [-0.4, -0.2) is 34.2 Å². The van der Waals surface area contributed by atoms with Crippen molar-refractivity contribution in [3.8, 4) is 11.6 Å². The fraction of sp³-hybridized carbons (Fsp3) is 0.333. The van der Waals surface area contributed by atoms with Crippen LogP contribution in [0.3, 0.4) is 0 Å². The second-order valence-electron chi connectivity index (χ2n) is 5.68. The summed E-state index contributed by atoms with van der Waals surface area (Å²) in [6.07, 6.45) is 2.46. The van der Waals surface area contributed by atoms with Crippen molar-refractivity contribution in [2.45, 2.75) is 26.4 Å². The highest BCUT2D eigenvalue weighted by atomic mass is 16.5. The van der Waals surface area contributed by atoms with Gasteiger partial charge in [-0.2, -0.15) is 0 Å². The second-order valence-corrected chi connectivity index (χ2v) is 5.68. The van der Waals surface area contributed by atoms with Crippen LogP contribution >= 0.6 is 0 Å². The van der Waals surface area contributed by atoms with Crippen molar-refractivity contribution < 1.29 is 14.6 Å². The molecular formula is C18H21N3O3. The van der Waals surface area contributed by atoms with E-state index in [0.29, 0.717) is 32.1 Å². The van der Waals surface area contributed by atoms with Gasteiger partial charge in [0.15, 0.2) is 0 Å². The number of pyridine rings is 1. The number of phenols is 1. The van der Waals surface area contributed by atoms with Gasteiger partial charge in [-0.15, -0.1) is 0 Å². The highest BCUT2D eigenvalue weighted by molar-refractivity contribution is 5.74. The van der Waals surface area contributed by atoms with Crippen molar-refractivity contribution in [1.29, 1.82) is 0 Å². The third-order valence-electron chi connectivity index (χ3n) is 4.05. The molecule has 0 saturated carbocycles. The van der Waals surface area contributed by atoms with E-state index < -0.39 is 0 Å². The topological polar surface area (TPSA) is 74.7 Å². The van der Waals surface area contributed by atoms with Crippen LogP contribution in [0.25, 0.3) is 0 Å². The van der Waals surface area contributed by atoms with E-state index in [1.807, 2.05) is 25.1 Å². The number of phenolic OH excluding ortho intramolecular Hbond substituents is 1. The summed E-state index contributed by atoms with van der Waals surface area (Å²) in [7, 11) is 0. The first-order valence-corrected chi connectivity index (χ1v) is 8.07. The molecule has 6 nitrogen and oxygen atoms in total. The molecule has 1 aromatic carbocycles. The van der Waals surface area contributed by atoms with Crippen LogP contribution in [0.5, 0.6) is 11.6 Å². The van der Waals surface area contributed by atoms with Crippen molar-refractivity contribution in [3.63, 3.8) is 0 Å². The summed E-state index contributed by atoms with van der Waals surface area (Å²) in [5, 5.41) is 12.5. The van der Waals surface area contributed by atoms with Crippen molar-refractivity contribution in [1.82, 2.24) is 15.2 Å². The summed E-state index contributed by atoms with van der Waals surface area (Å²) in [5.41, 5.74) is 3.03. The lowest BCUT2D eigenvalue weighted by atomic mass is 10.00. The maximum absolute atomic E-state index is 12.4. The Labute approximate surface area is 141 Å². The first-order chi connectivity index (χ1) is 11.7. The SMILES string of the molecule is CCOc1ncccc1CNC(=O)N1CCc2ccc(O)cc2C1. The van der Waals surface area contributed by atoms with E-state index in [4.69, 9.17) is 4.74 Å². The molecule has 2 N–H and O–H groups in total. The van der Waals surface area contributed by atoms with E-state index in [1.165, 1.54) is 5.56 Å². The second kappa shape index (κ2) is 7.21. The van der Waals surface area contributed by atoms with Crippen LogP contribution in [0, 0.1) is 0 Å². The zero-order chi connectivity index (χ0) is 16.9. The minimum atomic E-state index is -0.129. The van der Waals surface area contributed by atoms with E-state index in [-0.39, 0.29) is 11.8 Å². The number of aromatic nitrogens is 1. The molecule has 0 unspecified atom stereocenters. The maximum atomic E-state index is 12.4. The summed E-state index contributed by atoms with van der Waals surface area (Å²) in [6, 6.07) is 8.92. The van der Waals surface area contributed by atoms with Crippen LogP contribution in [0.2, 0.25) is 0 Å². The Kier molecular flexibility index (Phi) is 4.84. The van der Waals surface area contributed by atoms with Gasteiger partial charge in [0.25, 0.3) is 0 Å². The van der Waals surface area contributed by atoms with E-state index >= 15 is 0 Å². The predicted octanol–water partition coefficient (Wildman–Crippen LogP) is 2.45.